The lowest BCUT2D eigenvalue weighted by Gasteiger charge is -2.20. The third-order valence-electron chi connectivity index (χ3n) is 3.77. The minimum atomic E-state index is 0.337. The highest BCUT2D eigenvalue weighted by Gasteiger charge is 2.48. The van der Waals surface area contributed by atoms with Crippen molar-refractivity contribution in [2.24, 2.45) is 23.7 Å². The van der Waals surface area contributed by atoms with Crippen LogP contribution in [0.2, 0.25) is 0 Å². The topological polar surface area (TPSA) is 18.5 Å². The second kappa shape index (κ2) is 3.82. The maximum Gasteiger partial charge on any atom is 0.0892 e. The van der Waals surface area contributed by atoms with E-state index in [1.54, 1.807) is 0 Å². The van der Waals surface area contributed by atoms with E-state index < -0.39 is 0 Å². The molecule has 0 amide bonds. The summed E-state index contributed by atoms with van der Waals surface area (Å²) < 4.78 is 11.7. The molecule has 0 N–H and O–H groups in total. The Bertz CT molecular complexity index is 178. The SMILES string of the molecule is CC(C)C1COC2C1COC2C(C)C. The molecule has 0 radical (unpaired) electrons. The predicted octanol–water partition coefficient (Wildman–Crippen LogP) is 2.33. The van der Waals surface area contributed by atoms with Gasteiger partial charge in [-0.15, -0.1) is 0 Å². The van der Waals surface area contributed by atoms with Gasteiger partial charge in [0, 0.05) is 5.92 Å². The molecule has 0 aliphatic carbocycles. The monoisotopic (exact) mass is 198 g/mol. The van der Waals surface area contributed by atoms with Crippen molar-refractivity contribution in [3.63, 3.8) is 0 Å². The fourth-order valence-corrected chi connectivity index (χ4v) is 2.85. The third kappa shape index (κ3) is 1.59. The molecule has 2 aliphatic rings. The molecule has 2 nitrogen and oxygen atoms in total. The molecule has 0 spiro atoms. The molecule has 0 aromatic carbocycles. The van der Waals surface area contributed by atoms with Crippen molar-refractivity contribution in [1.82, 2.24) is 0 Å². The Morgan fingerprint density at radius 3 is 2.21 bits per heavy atom. The van der Waals surface area contributed by atoms with E-state index in [4.69, 9.17) is 9.47 Å². The molecule has 0 bridgehead atoms. The van der Waals surface area contributed by atoms with E-state index in [0.717, 1.165) is 19.1 Å². The normalized spacial score (nSPS) is 42.4. The summed E-state index contributed by atoms with van der Waals surface area (Å²) in [6.45, 7) is 10.9. The van der Waals surface area contributed by atoms with E-state index in [9.17, 15) is 0 Å². The maximum atomic E-state index is 5.90. The zero-order valence-corrected chi connectivity index (χ0v) is 9.69. The van der Waals surface area contributed by atoms with E-state index in [1.165, 1.54) is 0 Å². The number of rotatable bonds is 2. The smallest absolute Gasteiger partial charge is 0.0892 e. The Morgan fingerprint density at radius 1 is 0.929 bits per heavy atom. The van der Waals surface area contributed by atoms with Crippen LogP contribution in [-0.4, -0.2) is 25.4 Å². The van der Waals surface area contributed by atoms with Crippen molar-refractivity contribution in [1.29, 1.82) is 0 Å². The minimum absolute atomic E-state index is 0.337. The summed E-state index contributed by atoms with van der Waals surface area (Å²) in [6.07, 6.45) is 0.714. The van der Waals surface area contributed by atoms with Crippen molar-refractivity contribution in [2.45, 2.75) is 39.9 Å². The summed E-state index contributed by atoms with van der Waals surface area (Å²) in [5.74, 6) is 2.67. The first-order valence-electron chi connectivity index (χ1n) is 5.84. The predicted molar refractivity (Wildman–Crippen MR) is 56.1 cm³/mol. The largest absolute Gasteiger partial charge is 0.375 e. The maximum absolute atomic E-state index is 5.90. The molecule has 82 valence electrons. The second-order valence-electron chi connectivity index (χ2n) is 5.41. The quantitative estimate of drug-likeness (QED) is 0.678. The van der Waals surface area contributed by atoms with Crippen LogP contribution in [0.5, 0.6) is 0 Å². The molecular formula is C12H22O2. The number of hydrogen-bond acceptors (Lipinski definition) is 2. The van der Waals surface area contributed by atoms with Crippen LogP contribution >= 0.6 is 0 Å². The van der Waals surface area contributed by atoms with Gasteiger partial charge in [-0.3, -0.25) is 0 Å². The standard InChI is InChI=1S/C12H22O2/c1-7(2)9-5-14-12-10(9)6-13-11(12)8(3)4/h7-12H,5-6H2,1-4H3. The van der Waals surface area contributed by atoms with Crippen LogP contribution in [0.15, 0.2) is 0 Å². The molecule has 2 saturated heterocycles. The highest BCUT2D eigenvalue weighted by Crippen LogP contribution is 2.41. The summed E-state index contributed by atoms with van der Waals surface area (Å²) in [6, 6.07) is 0. The molecule has 0 saturated carbocycles. The minimum Gasteiger partial charge on any atom is -0.375 e. The van der Waals surface area contributed by atoms with E-state index in [2.05, 4.69) is 27.7 Å². The Hall–Kier alpha value is -0.0800. The van der Waals surface area contributed by atoms with E-state index in [-0.39, 0.29) is 0 Å². The number of fused-ring (bicyclic) bond motifs is 1. The van der Waals surface area contributed by atoms with Crippen LogP contribution in [0, 0.1) is 23.7 Å². The Balaban J connectivity index is 2.04. The van der Waals surface area contributed by atoms with E-state index in [0.29, 0.717) is 30.0 Å². The first kappa shape index (κ1) is 10.4. The van der Waals surface area contributed by atoms with E-state index in [1.807, 2.05) is 0 Å². The highest BCUT2D eigenvalue weighted by molar-refractivity contribution is 4.95. The summed E-state index contributed by atoms with van der Waals surface area (Å²) in [4.78, 5) is 0. The molecule has 0 aromatic heterocycles. The summed E-state index contributed by atoms with van der Waals surface area (Å²) in [5, 5.41) is 0. The molecule has 4 atom stereocenters. The van der Waals surface area contributed by atoms with Gasteiger partial charge in [0.15, 0.2) is 0 Å². The average molecular weight is 198 g/mol. The van der Waals surface area contributed by atoms with Gasteiger partial charge in [0.2, 0.25) is 0 Å². The zero-order valence-electron chi connectivity index (χ0n) is 9.69. The molecular weight excluding hydrogens is 176 g/mol. The lowest BCUT2D eigenvalue weighted by atomic mass is 9.82. The molecule has 0 aromatic rings. The van der Waals surface area contributed by atoms with Crippen LogP contribution in [0.1, 0.15) is 27.7 Å². The van der Waals surface area contributed by atoms with Gasteiger partial charge in [0.1, 0.15) is 0 Å². The van der Waals surface area contributed by atoms with Gasteiger partial charge in [-0.2, -0.15) is 0 Å². The molecule has 2 rings (SSSR count). The van der Waals surface area contributed by atoms with Gasteiger partial charge in [-0.25, -0.2) is 0 Å². The van der Waals surface area contributed by atoms with Crippen LogP contribution in [0.4, 0.5) is 0 Å². The van der Waals surface area contributed by atoms with Gasteiger partial charge in [-0.1, -0.05) is 27.7 Å². The molecule has 4 unspecified atom stereocenters. The first-order valence-corrected chi connectivity index (χ1v) is 5.84. The van der Waals surface area contributed by atoms with Crippen LogP contribution < -0.4 is 0 Å². The van der Waals surface area contributed by atoms with Gasteiger partial charge in [0.25, 0.3) is 0 Å². The fraction of sp³-hybridized carbons (Fsp3) is 1.00. The van der Waals surface area contributed by atoms with Crippen LogP contribution in [0.25, 0.3) is 0 Å². The van der Waals surface area contributed by atoms with Crippen molar-refractivity contribution in [3.8, 4) is 0 Å². The van der Waals surface area contributed by atoms with Crippen LogP contribution in [0.3, 0.4) is 0 Å². The van der Waals surface area contributed by atoms with Crippen molar-refractivity contribution < 1.29 is 9.47 Å². The van der Waals surface area contributed by atoms with Gasteiger partial charge in [-0.05, 0) is 17.8 Å². The lowest BCUT2D eigenvalue weighted by molar-refractivity contribution is -0.0207. The molecule has 2 aliphatic heterocycles. The van der Waals surface area contributed by atoms with Crippen LogP contribution in [-0.2, 0) is 9.47 Å². The Kier molecular flexibility index (Phi) is 2.85. The second-order valence-corrected chi connectivity index (χ2v) is 5.41. The third-order valence-corrected chi connectivity index (χ3v) is 3.77. The van der Waals surface area contributed by atoms with Crippen molar-refractivity contribution >= 4 is 0 Å². The fourth-order valence-electron chi connectivity index (χ4n) is 2.85. The molecule has 14 heavy (non-hydrogen) atoms. The number of ether oxygens (including phenoxy) is 2. The molecule has 2 fully saturated rings. The number of hydrogen-bond donors (Lipinski definition) is 0. The van der Waals surface area contributed by atoms with Gasteiger partial charge >= 0.3 is 0 Å². The lowest BCUT2D eigenvalue weighted by Crippen LogP contribution is -2.30. The van der Waals surface area contributed by atoms with Gasteiger partial charge < -0.3 is 9.47 Å². The summed E-state index contributed by atoms with van der Waals surface area (Å²) in [5.41, 5.74) is 0. The average Bonchev–Trinajstić information content (AvgIpc) is 2.59. The Labute approximate surface area is 87.0 Å². The zero-order chi connectivity index (χ0) is 10.3. The molecule has 2 heteroatoms. The Morgan fingerprint density at radius 2 is 1.64 bits per heavy atom. The van der Waals surface area contributed by atoms with Crippen molar-refractivity contribution in [3.05, 3.63) is 0 Å². The van der Waals surface area contributed by atoms with Gasteiger partial charge in [0.05, 0.1) is 25.4 Å². The summed E-state index contributed by atoms with van der Waals surface area (Å²) >= 11 is 0. The first-order chi connectivity index (χ1) is 6.61. The highest BCUT2D eigenvalue weighted by atomic mass is 16.6. The summed E-state index contributed by atoms with van der Waals surface area (Å²) in [7, 11) is 0. The van der Waals surface area contributed by atoms with E-state index >= 15 is 0 Å². The molecule has 2 heterocycles. The van der Waals surface area contributed by atoms with Crippen molar-refractivity contribution in [2.75, 3.05) is 13.2 Å².